The quantitative estimate of drug-likeness (QED) is 0.419. The van der Waals surface area contributed by atoms with Gasteiger partial charge in [0.1, 0.15) is 5.82 Å². The number of hydrogen-bond donors (Lipinski definition) is 2. The van der Waals surface area contributed by atoms with Crippen LogP contribution in [0.2, 0.25) is 0 Å². The Kier molecular flexibility index (Phi) is 8.14. The molecule has 0 radical (unpaired) electrons. The van der Waals surface area contributed by atoms with E-state index in [4.69, 9.17) is 0 Å². The molecule has 0 heterocycles. The number of rotatable bonds is 8. The Labute approximate surface area is 144 Å². The van der Waals surface area contributed by atoms with Gasteiger partial charge in [-0.2, -0.15) is 0 Å². The first-order valence-electron chi connectivity index (χ1n) is 7.92. The zero-order valence-corrected chi connectivity index (χ0v) is 15.6. The van der Waals surface area contributed by atoms with Gasteiger partial charge in [0.2, 0.25) is 10.0 Å². The third kappa shape index (κ3) is 6.84. The summed E-state index contributed by atoms with van der Waals surface area (Å²) in [6, 6.07) is 5.11. The highest BCUT2D eigenvalue weighted by molar-refractivity contribution is 7.88. The van der Waals surface area contributed by atoms with Crippen LogP contribution < -0.4 is 10.6 Å². The molecule has 0 aliphatic heterocycles. The molecule has 0 amide bonds. The molecule has 0 saturated carbocycles. The summed E-state index contributed by atoms with van der Waals surface area (Å²) in [6.07, 6.45) is 1.88. The van der Waals surface area contributed by atoms with Crippen molar-refractivity contribution in [2.75, 3.05) is 32.9 Å². The molecule has 2 N–H and O–H groups in total. The average Bonchev–Trinajstić information content (AvgIpc) is 2.52. The van der Waals surface area contributed by atoms with Crippen LogP contribution in [0.4, 0.5) is 4.39 Å². The molecule has 136 valence electrons. The van der Waals surface area contributed by atoms with Crippen LogP contribution >= 0.6 is 0 Å². The number of aliphatic imine (C=N–C) groups is 1. The Morgan fingerprint density at radius 3 is 2.58 bits per heavy atom. The highest BCUT2D eigenvalue weighted by atomic mass is 32.2. The predicted octanol–water partition coefficient (Wildman–Crippen LogP) is 1.47. The number of nitrogens with one attached hydrogen (secondary N) is 2. The van der Waals surface area contributed by atoms with Gasteiger partial charge >= 0.3 is 0 Å². The van der Waals surface area contributed by atoms with E-state index in [2.05, 4.69) is 15.6 Å². The summed E-state index contributed by atoms with van der Waals surface area (Å²) in [7, 11) is -1.50. The topological polar surface area (TPSA) is 73.8 Å². The van der Waals surface area contributed by atoms with Crippen LogP contribution in [0.1, 0.15) is 24.5 Å². The molecule has 0 spiro atoms. The number of halogens is 1. The van der Waals surface area contributed by atoms with Crippen LogP contribution in [0, 0.1) is 12.7 Å². The molecule has 0 aliphatic rings. The molecular formula is C16H27FN4O2S. The second kappa shape index (κ2) is 9.58. The summed E-state index contributed by atoms with van der Waals surface area (Å²) in [5, 5.41) is 6.23. The lowest BCUT2D eigenvalue weighted by Crippen LogP contribution is -2.39. The number of aryl methyl sites for hydroxylation is 1. The van der Waals surface area contributed by atoms with E-state index >= 15 is 0 Å². The first-order valence-corrected chi connectivity index (χ1v) is 9.77. The van der Waals surface area contributed by atoms with E-state index in [1.165, 1.54) is 16.6 Å². The van der Waals surface area contributed by atoms with Crippen molar-refractivity contribution in [2.24, 2.45) is 4.99 Å². The van der Waals surface area contributed by atoms with Crippen LogP contribution in [0.3, 0.4) is 0 Å². The zero-order valence-electron chi connectivity index (χ0n) is 14.8. The van der Waals surface area contributed by atoms with E-state index in [0.717, 1.165) is 5.56 Å². The van der Waals surface area contributed by atoms with Gasteiger partial charge in [-0.05, 0) is 30.5 Å². The van der Waals surface area contributed by atoms with Crippen molar-refractivity contribution in [1.82, 2.24) is 14.9 Å². The third-order valence-corrected chi connectivity index (χ3v) is 5.00. The van der Waals surface area contributed by atoms with Crippen molar-refractivity contribution in [3.05, 3.63) is 35.1 Å². The van der Waals surface area contributed by atoms with E-state index in [-0.39, 0.29) is 5.82 Å². The minimum Gasteiger partial charge on any atom is -0.356 e. The van der Waals surface area contributed by atoms with Gasteiger partial charge in [-0.15, -0.1) is 0 Å². The van der Waals surface area contributed by atoms with E-state index in [9.17, 15) is 12.8 Å². The standard InChI is InChI=1S/C16H27FN4O2S/c1-5-21(24(4,22)23)10-6-9-19-16(18-3)20-12-14-8-7-13(2)15(17)11-14/h7-8,11H,5-6,9-10,12H2,1-4H3,(H2,18,19,20). The van der Waals surface area contributed by atoms with Crippen molar-refractivity contribution in [3.8, 4) is 0 Å². The summed E-state index contributed by atoms with van der Waals surface area (Å²) < 4.78 is 37.9. The van der Waals surface area contributed by atoms with Gasteiger partial charge in [-0.3, -0.25) is 4.99 Å². The maximum atomic E-state index is 13.5. The fourth-order valence-electron chi connectivity index (χ4n) is 2.17. The molecule has 6 nitrogen and oxygen atoms in total. The van der Waals surface area contributed by atoms with Crippen LogP contribution in [-0.4, -0.2) is 51.6 Å². The maximum absolute atomic E-state index is 13.5. The minimum absolute atomic E-state index is 0.224. The highest BCUT2D eigenvalue weighted by Gasteiger charge is 2.13. The first kappa shape index (κ1) is 20.4. The van der Waals surface area contributed by atoms with Crippen LogP contribution in [0.5, 0.6) is 0 Å². The van der Waals surface area contributed by atoms with Gasteiger partial charge < -0.3 is 10.6 Å². The first-order chi connectivity index (χ1) is 11.3. The van der Waals surface area contributed by atoms with Crippen molar-refractivity contribution >= 4 is 16.0 Å². The monoisotopic (exact) mass is 358 g/mol. The lowest BCUT2D eigenvalue weighted by atomic mass is 10.1. The van der Waals surface area contributed by atoms with Gasteiger partial charge in [-0.25, -0.2) is 17.1 Å². The van der Waals surface area contributed by atoms with Crippen molar-refractivity contribution in [3.63, 3.8) is 0 Å². The number of nitrogens with zero attached hydrogens (tertiary/aromatic N) is 2. The van der Waals surface area contributed by atoms with E-state index in [0.29, 0.717) is 44.1 Å². The Morgan fingerprint density at radius 1 is 1.33 bits per heavy atom. The molecule has 0 bridgehead atoms. The minimum atomic E-state index is -3.15. The SMILES string of the molecule is CCN(CCCNC(=NC)NCc1ccc(C)c(F)c1)S(C)(=O)=O. The molecule has 0 atom stereocenters. The number of hydrogen-bond acceptors (Lipinski definition) is 3. The molecule has 0 unspecified atom stereocenters. The molecular weight excluding hydrogens is 331 g/mol. The average molecular weight is 358 g/mol. The molecule has 0 aliphatic carbocycles. The molecule has 0 fully saturated rings. The van der Waals surface area contributed by atoms with E-state index in [1.54, 1.807) is 20.0 Å². The number of guanidine groups is 1. The largest absolute Gasteiger partial charge is 0.356 e. The Morgan fingerprint density at radius 2 is 2.04 bits per heavy atom. The van der Waals surface area contributed by atoms with Gasteiger partial charge in [-0.1, -0.05) is 19.1 Å². The second-order valence-electron chi connectivity index (χ2n) is 5.54. The molecule has 0 saturated heterocycles. The summed E-state index contributed by atoms with van der Waals surface area (Å²) >= 11 is 0. The number of sulfonamides is 1. The highest BCUT2D eigenvalue weighted by Crippen LogP contribution is 2.08. The summed E-state index contributed by atoms with van der Waals surface area (Å²) in [4.78, 5) is 4.10. The van der Waals surface area contributed by atoms with E-state index in [1.807, 2.05) is 13.0 Å². The lowest BCUT2D eigenvalue weighted by Gasteiger charge is -2.18. The fourth-order valence-corrected chi connectivity index (χ4v) is 3.10. The fraction of sp³-hybridized carbons (Fsp3) is 0.562. The number of benzene rings is 1. The summed E-state index contributed by atoms with van der Waals surface area (Å²) in [6.45, 7) is 5.52. The molecule has 1 aromatic carbocycles. The molecule has 24 heavy (non-hydrogen) atoms. The summed E-state index contributed by atoms with van der Waals surface area (Å²) in [5.74, 6) is 0.371. The van der Waals surface area contributed by atoms with E-state index < -0.39 is 10.0 Å². The Hall–Kier alpha value is -1.67. The van der Waals surface area contributed by atoms with Gasteiger partial charge in [0.25, 0.3) is 0 Å². The predicted molar refractivity (Wildman–Crippen MR) is 96.0 cm³/mol. The molecule has 8 heteroatoms. The van der Waals surface area contributed by atoms with Gasteiger partial charge in [0, 0.05) is 33.2 Å². The van der Waals surface area contributed by atoms with Gasteiger partial charge in [0.05, 0.1) is 6.26 Å². The van der Waals surface area contributed by atoms with Crippen molar-refractivity contribution in [1.29, 1.82) is 0 Å². The van der Waals surface area contributed by atoms with Crippen LogP contribution in [0.15, 0.2) is 23.2 Å². The lowest BCUT2D eigenvalue weighted by molar-refractivity contribution is 0.424. The summed E-state index contributed by atoms with van der Waals surface area (Å²) in [5.41, 5.74) is 1.45. The van der Waals surface area contributed by atoms with Crippen LogP contribution in [-0.2, 0) is 16.6 Å². The maximum Gasteiger partial charge on any atom is 0.211 e. The van der Waals surface area contributed by atoms with Crippen LogP contribution in [0.25, 0.3) is 0 Å². The van der Waals surface area contributed by atoms with Gasteiger partial charge in [0.15, 0.2) is 5.96 Å². The molecule has 0 aromatic heterocycles. The third-order valence-electron chi connectivity index (χ3n) is 3.62. The molecule has 1 aromatic rings. The Balaban J connectivity index is 2.39. The Bertz CT molecular complexity index is 662. The second-order valence-corrected chi connectivity index (χ2v) is 7.53. The molecule has 1 rings (SSSR count). The normalized spacial score (nSPS) is 12.5. The van der Waals surface area contributed by atoms with Crippen molar-refractivity contribution < 1.29 is 12.8 Å². The smallest absolute Gasteiger partial charge is 0.211 e. The zero-order chi connectivity index (χ0) is 18.2. The van der Waals surface area contributed by atoms with Crippen molar-refractivity contribution in [2.45, 2.75) is 26.8 Å².